The largest absolute Gasteiger partial charge is 0.268 e. The minimum atomic E-state index is -0.102. The van der Waals surface area contributed by atoms with Crippen molar-refractivity contribution in [3.05, 3.63) is 103 Å². The van der Waals surface area contributed by atoms with Crippen molar-refractivity contribution < 1.29 is 0 Å². The molecular formula is C23H16ClIN2O. The van der Waals surface area contributed by atoms with E-state index >= 15 is 0 Å². The third-order valence-corrected chi connectivity index (χ3v) is 5.46. The second-order valence-electron chi connectivity index (χ2n) is 6.44. The number of hydrogen-bond donors (Lipinski definition) is 0. The molecule has 0 atom stereocenters. The van der Waals surface area contributed by atoms with Crippen LogP contribution in [-0.4, -0.2) is 9.55 Å². The summed E-state index contributed by atoms with van der Waals surface area (Å²) in [6.07, 6.45) is 3.87. The zero-order valence-corrected chi connectivity index (χ0v) is 18.0. The summed E-state index contributed by atoms with van der Waals surface area (Å²) in [5.41, 5.74) is 3.55. The highest BCUT2D eigenvalue weighted by atomic mass is 127. The first kappa shape index (κ1) is 18.9. The molecule has 0 saturated carbocycles. The highest BCUT2D eigenvalue weighted by Gasteiger charge is 2.12. The molecule has 4 aromatic rings. The van der Waals surface area contributed by atoms with E-state index < -0.39 is 0 Å². The molecule has 0 bridgehead atoms. The van der Waals surface area contributed by atoms with Crippen LogP contribution in [0.3, 0.4) is 0 Å². The second kappa shape index (κ2) is 7.89. The van der Waals surface area contributed by atoms with Crippen molar-refractivity contribution in [3.63, 3.8) is 0 Å². The zero-order chi connectivity index (χ0) is 19.7. The fourth-order valence-corrected chi connectivity index (χ4v) is 3.68. The first-order chi connectivity index (χ1) is 13.5. The monoisotopic (exact) mass is 498 g/mol. The Balaban J connectivity index is 1.97. The maximum Gasteiger partial charge on any atom is 0.266 e. The number of fused-ring (bicyclic) bond motifs is 1. The van der Waals surface area contributed by atoms with Gasteiger partial charge < -0.3 is 0 Å². The van der Waals surface area contributed by atoms with E-state index in [0.717, 1.165) is 20.4 Å². The van der Waals surface area contributed by atoms with Crippen LogP contribution in [0.1, 0.15) is 17.0 Å². The lowest BCUT2D eigenvalue weighted by Crippen LogP contribution is -2.22. The van der Waals surface area contributed by atoms with E-state index in [9.17, 15) is 4.79 Å². The van der Waals surface area contributed by atoms with Crippen LogP contribution in [0.4, 0.5) is 0 Å². The number of benzene rings is 3. The Hall–Kier alpha value is -2.44. The molecule has 28 heavy (non-hydrogen) atoms. The Morgan fingerprint density at radius 2 is 1.75 bits per heavy atom. The molecule has 3 nitrogen and oxygen atoms in total. The van der Waals surface area contributed by atoms with E-state index in [2.05, 4.69) is 35.6 Å². The van der Waals surface area contributed by atoms with Crippen LogP contribution in [0, 0.1) is 10.5 Å². The number of aromatic nitrogens is 2. The lowest BCUT2D eigenvalue weighted by atomic mass is 10.1. The van der Waals surface area contributed by atoms with E-state index in [1.165, 1.54) is 0 Å². The topological polar surface area (TPSA) is 34.9 Å². The Labute approximate surface area is 181 Å². The van der Waals surface area contributed by atoms with Crippen LogP contribution in [-0.2, 0) is 0 Å². The van der Waals surface area contributed by atoms with Gasteiger partial charge in [-0.1, -0.05) is 41.9 Å². The van der Waals surface area contributed by atoms with Crippen molar-refractivity contribution in [2.45, 2.75) is 6.92 Å². The van der Waals surface area contributed by atoms with Crippen LogP contribution < -0.4 is 5.56 Å². The molecule has 1 heterocycles. The van der Waals surface area contributed by atoms with Crippen LogP contribution in [0.2, 0.25) is 5.02 Å². The predicted octanol–water partition coefficient (Wildman–Crippen LogP) is 6.12. The average molecular weight is 499 g/mol. The Bertz CT molecular complexity index is 1260. The number of halogens is 2. The Morgan fingerprint density at radius 1 is 1.00 bits per heavy atom. The van der Waals surface area contributed by atoms with Gasteiger partial charge in [-0.2, -0.15) is 0 Å². The molecule has 0 aliphatic rings. The summed E-state index contributed by atoms with van der Waals surface area (Å²) in [7, 11) is 0. The van der Waals surface area contributed by atoms with Crippen LogP contribution in [0.5, 0.6) is 0 Å². The van der Waals surface area contributed by atoms with Crippen molar-refractivity contribution in [1.29, 1.82) is 0 Å². The molecule has 4 rings (SSSR count). The van der Waals surface area contributed by atoms with Crippen molar-refractivity contribution in [2.75, 3.05) is 0 Å². The van der Waals surface area contributed by atoms with E-state index in [0.29, 0.717) is 21.7 Å². The summed E-state index contributed by atoms with van der Waals surface area (Å²) in [6.45, 7) is 2.06. The van der Waals surface area contributed by atoms with Gasteiger partial charge in [0, 0.05) is 8.59 Å². The Morgan fingerprint density at radius 3 is 2.50 bits per heavy atom. The molecule has 0 N–H and O–H groups in total. The summed E-state index contributed by atoms with van der Waals surface area (Å²) >= 11 is 8.24. The molecule has 5 heteroatoms. The molecule has 0 fully saturated rings. The van der Waals surface area contributed by atoms with Gasteiger partial charge >= 0.3 is 0 Å². The first-order valence-corrected chi connectivity index (χ1v) is 10.2. The average Bonchev–Trinajstić information content (AvgIpc) is 2.69. The van der Waals surface area contributed by atoms with E-state index in [1.807, 2.05) is 60.7 Å². The van der Waals surface area contributed by atoms with E-state index in [-0.39, 0.29) is 5.56 Å². The lowest BCUT2D eigenvalue weighted by Gasteiger charge is -2.12. The van der Waals surface area contributed by atoms with E-state index in [1.54, 1.807) is 16.7 Å². The van der Waals surface area contributed by atoms with Crippen LogP contribution in [0.15, 0.2) is 71.5 Å². The van der Waals surface area contributed by atoms with Gasteiger partial charge in [0.15, 0.2) is 0 Å². The molecule has 0 aliphatic heterocycles. The third kappa shape index (κ3) is 3.75. The predicted molar refractivity (Wildman–Crippen MR) is 125 cm³/mol. The zero-order valence-electron chi connectivity index (χ0n) is 15.1. The number of aryl methyl sites for hydroxylation is 1. The molecule has 0 spiro atoms. The third-order valence-electron chi connectivity index (χ3n) is 4.54. The quantitative estimate of drug-likeness (QED) is 0.319. The summed E-state index contributed by atoms with van der Waals surface area (Å²) in [5, 5.41) is 1.21. The van der Waals surface area contributed by atoms with Gasteiger partial charge in [0.2, 0.25) is 0 Å². The highest BCUT2D eigenvalue weighted by molar-refractivity contribution is 14.1. The summed E-state index contributed by atoms with van der Waals surface area (Å²) in [6, 6.07) is 21.0. The standard InChI is InChI=1S/C23H16ClIN2O/c1-15-4-2-3-5-16(15)6-13-22-26-21-12-9-18(25)14-20(21)23(28)27(22)19-10-7-17(24)8-11-19/h2-14H,1H3/b13-6+. The van der Waals surface area contributed by atoms with Gasteiger partial charge in [-0.3, -0.25) is 9.36 Å². The van der Waals surface area contributed by atoms with Crippen molar-refractivity contribution in [2.24, 2.45) is 0 Å². The van der Waals surface area contributed by atoms with Crippen LogP contribution >= 0.6 is 34.2 Å². The maximum absolute atomic E-state index is 13.3. The van der Waals surface area contributed by atoms with Crippen LogP contribution in [0.25, 0.3) is 28.7 Å². The molecule has 0 aliphatic carbocycles. The number of nitrogens with zero attached hydrogens (tertiary/aromatic N) is 2. The molecule has 0 unspecified atom stereocenters. The molecule has 0 amide bonds. The van der Waals surface area contributed by atoms with Crippen molar-refractivity contribution in [1.82, 2.24) is 9.55 Å². The molecule has 0 radical (unpaired) electrons. The number of rotatable bonds is 3. The minimum absolute atomic E-state index is 0.102. The van der Waals surface area contributed by atoms with Gasteiger partial charge in [0.05, 0.1) is 16.6 Å². The minimum Gasteiger partial charge on any atom is -0.268 e. The second-order valence-corrected chi connectivity index (χ2v) is 8.12. The van der Waals surface area contributed by atoms with Crippen molar-refractivity contribution >= 4 is 57.2 Å². The summed E-state index contributed by atoms with van der Waals surface area (Å²) in [5.74, 6) is 0.573. The summed E-state index contributed by atoms with van der Waals surface area (Å²) in [4.78, 5) is 18.1. The lowest BCUT2D eigenvalue weighted by molar-refractivity contribution is 0.944. The highest BCUT2D eigenvalue weighted by Crippen LogP contribution is 2.19. The van der Waals surface area contributed by atoms with Gasteiger partial charge in [0.25, 0.3) is 5.56 Å². The first-order valence-electron chi connectivity index (χ1n) is 8.75. The fraction of sp³-hybridized carbons (Fsp3) is 0.0435. The summed E-state index contributed by atoms with van der Waals surface area (Å²) < 4.78 is 2.62. The van der Waals surface area contributed by atoms with Gasteiger partial charge in [0.1, 0.15) is 5.82 Å². The SMILES string of the molecule is Cc1ccccc1/C=C/c1nc2ccc(I)cc2c(=O)n1-c1ccc(Cl)cc1. The smallest absolute Gasteiger partial charge is 0.266 e. The van der Waals surface area contributed by atoms with Gasteiger partial charge in [-0.25, -0.2) is 4.98 Å². The normalized spacial score (nSPS) is 11.4. The fourth-order valence-electron chi connectivity index (χ4n) is 3.06. The van der Waals surface area contributed by atoms with E-state index in [4.69, 9.17) is 16.6 Å². The molecule has 138 valence electrons. The number of hydrogen-bond acceptors (Lipinski definition) is 2. The van der Waals surface area contributed by atoms with Crippen molar-refractivity contribution in [3.8, 4) is 5.69 Å². The molecule has 3 aromatic carbocycles. The maximum atomic E-state index is 13.3. The molecule has 1 aromatic heterocycles. The van der Waals surface area contributed by atoms with Gasteiger partial charge in [-0.15, -0.1) is 0 Å². The van der Waals surface area contributed by atoms with Gasteiger partial charge in [-0.05, 0) is 89.2 Å². The molecular weight excluding hydrogens is 483 g/mol. The molecule has 0 saturated heterocycles. The Kier molecular flexibility index (Phi) is 5.33.